The van der Waals surface area contributed by atoms with Crippen molar-refractivity contribution in [2.75, 3.05) is 32.4 Å². The predicted octanol–water partition coefficient (Wildman–Crippen LogP) is 1.74. The summed E-state index contributed by atoms with van der Waals surface area (Å²) in [6, 6.07) is 1.50. The topological polar surface area (TPSA) is 47.6 Å². The number of nitrogens with one attached hydrogen (secondary N) is 2. The van der Waals surface area contributed by atoms with Gasteiger partial charge in [-0.2, -0.15) is 0 Å². The van der Waals surface area contributed by atoms with Crippen molar-refractivity contribution in [1.82, 2.24) is 19.8 Å². The molecule has 3 unspecified atom stereocenters. The van der Waals surface area contributed by atoms with Crippen molar-refractivity contribution in [3.63, 3.8) is 0 Å². The molecule has 0 aromatic carbocycles. The number of carbonyl (C=O) groups excluding carboxylic acids is 1. The fraction of sp³-hybridized carbons (Fsp3) is 0.944. The van der Waals surface area contributed by atoms with E-state index in [-0.39, 0.29) is 11.6 Å². The fourth-order valence-corrected chi connectivity index (χ4v) is 4.69. The molecule has 0 aromatic heterocycles. The molecule has 2 aliphatic rings. The van der Waals surface area contributed by atoms with Crippen LogP contribution in [0.4, 0.5) is 0 Å². The fourth-order valence-electron chi connectivity index (χ4n) is 4.14. The second-order valence-electron chi connectivity index (χ2n) is 8.36. The highest BCUT2D eigenvalue weighted by Gasteiger charge is 2.36. The molecule has 2 aliphatic heterocycles. The number of likely N-dealkylation sites (tertiary alicyclic amines) is 1. The summed E-state index contributed by atoms with van der Waals surface area (Å²) in [5.74, 6) is 0.330. The molecule has 0 radical (unpaired) electrons. The molecule has 2 rings (SSSR count). The average Bonchev–Trinajstić information content (AvgIpc) is 3.05. The maximum absolute atomic E-state index is 12.1. The van der Waals surface area contributed by atoms with Gasteiger partial charge in [-0.05, 0) is 39.9 Å². The minimum Gasteiger partial charge on any atom is -0.310 e. The van der Waals surface area contributed by atoms with E-state index in [1.807, 2.05) is 6.26 Å². The third-order valence-corrected chi connectivity index (χ3v) is 6.06. The quantitative estimate of drug-likeness (QED) is 0.646. The lowest BCUT2D eigenvalue weighted by atomic mass is 9.93. The molecule has 2 fully saturated rings. The van der Waals surface area contributed by atoms with Crippen LogP contribution in [0.2, 0.25) is 0 Å². The average molecular weight is 357 g/mol. The van der Waals surface area contributed by atoms with Crippen LogP contribution in [-0.4, -0.2) is 77.1 Å². The number of hydrogen-bond donors (Lipinski definition) is 2. The zero-order chi connectivity index (χ0) is 17.9. The molecule has 2 saturated heterocycles. The lowest BCUT2D eigenvalue weighted by molar-refractivity contribution is -0.118. The van der Waals surface area contributed by atoms with Gasteiger partial charge in [-0.25, -0.2) is 4.31 Å². The molecule has 0 bridgehead atoms. The highest BCUT2D eigenvalue weighted by Crippen LogP contribution is 2.26. The summed E-state index contributed by atoms with van der Waals surface area (Å²) in [4.78, 5) is 14.7. The lowest BCUT2D eigenvalue weighted by Crippen LogP contribution is -2.50. The van der Waals surface area contributed by atoms with Gasteiger partial charge in [0.25, 0.3) is 0 Å². The van der Waals surface area contributed by atoms with Gasteiger partial charge in [0.2, 0.25) is 0 Å². The molecule has 6 heteroatoms. The van der Waals surface area contributed by atoms with E-state index < -0.39 is 0 Å². The summed E-state index contributed by atoms with van der Waals surface area (Å²) in [5.41, 5.74) is 0.153. The maximum atomic E-state index is 12.1. The zero-order valence-corrected chi connectivity index (χ0v) is 17.1. The Morgan fingerprint density at radius 3 is 2.54 bits per heavy atom. The molecule has 0 aromatic rings. The van der Waals surface area contributed by atoms with Crippen LogP contribution in [-0.2, 0) is 4.79 Å². The van der Waals surface area contributed by atoms with Crippen LogP contribution >= 0.6 is 11.9 Å². The molecule has 0 amide bonds. The van der Waals surface area contributed by atoms with E-state index in [4.69, 9.17) is 0 Å². The number of rotatable bonds is 8. The predicted molar refractivity (Wildman–Crippen MR) is 103 cm³/mol. The molecule has 140 valence electrons. The second-order valence-corrected chi connectivity index (χ2v) is 9.24. The first kappa shape index (κ1) is 20.2. The van der Waals surface area contributed by atoms with E-state index in [0.29, 0.717) is 30.5 Å². The van der Waals surface area contributed by atoms with Crippen LogP contribution in [0, 0.1) is 0 Å². The summed E-state index contributed by atoms with van der Waals surface area (Å²) in [6.07, 6.45) is 4.33. The van der Waals surface area contributed by atoms with Crippen molar-refractivity contribution < 1.29 is 4.79 Å². The Morgan fingerprint density at radius 1 is 1.25 bits per heavy atom. The smallest absolute Gasteiger partial charge is 0.165 e. The Hall–Kier alpha value is -0.140. The van der Waals surface area contributed by atoms with Crippen molar-refractivity contribution >= 4 is 17.7 Å². The first-order chi connectivity index (χ1) is 11.2. The SMILES string of the molecule is CSN1CC(=O)C(NC(C)CC(C)(C)N2CCC(NC(C)C)C2)C1. The molecule has 3 atom stereocenters. The van der Waals surface area contributed by atoms with Gasteiger partial charge in [0.05, 0.1) is 12.6 Å². The largest absolute Gasteiger partial charge is 0.310 e. The van der Waals surface area contributed by atoms with E-state index in [0.717, 1.165) is 26.1 Å². The van der Waals surface area contributed by atoms with E-state index in [1.54, 1.807) is 11.9 Å². The van der Waals surface area contributed by atoms with Crippen molar-refractivity contribution in [3.05, 3.63) is 0 Å². The minimum absolute atomic E-state index is 0.00261. The van der Waals surface area contributed by atoms with E-state index in [9.17, 15) is 4.79 Å². The summed E-state index contributed by atoms with van der Waals surface area (Å²) < 4.78 is 2.14. The van der Waals surface area contributed by atoms with Crippen LogP contribution in [0.5, 0.6) is 0 Å². The maximum Gasteiger partial charge on any atom is 0.165 e. The number of hydrogen-bond acceptors (Lipinski definition) is 6. The van der Waals surface area contributed by atoms with Crippen LogP contribution < -0.4 is 10.6 Å². The van der Waals surface area contributed by atoms with Crippen molar-refractivity contribution in [1.29, 1.82) is 0 Å². The van der Waals surface area contributed by atoms with Crippen LogP contribution in [0.25, 0.3) is 0 Å². The van der Waals surface area contributed by atoms with E-state index >= 15 is 0 Å². The van der Waals surface area contributed by atoms with Crippen molar-refractivity contribution in [2.24, 2.45) is 0 Å². The molecule has 0 aliphatic carbocycles. The van der Waals surface area contributed by atoms with Gasteiger partial charge in [-0.15, -0.1) is 0 Å². The number of ketones is 1. The van der Waals surface area contributed by atoms with E-state index in [2.05, 4.69) is 54.5 Å². The van der Waals surface area contributed by atoms with Crippen molar-refractivity contribution in [2.45, 2.75) is 77.2 Å². The normalized spacial score (nSPS) is 28.2. The first-order valence-electron chi connectivity index (χ1n) is 9.30. The van der Waals surface area contributed by atoms with Gasteiger partial charge < -0.3 is 10.6 Å². The van der Waals surface area contributed by atoms with Crippen LogP contribution in [0.3, 0.4) is 0 Å². The lowest BCUT2D eigenvalue weighted by Gasteiger charge is -2.38. The van der Waals surface area contributed by atoms with Gasteiger partial charge in [0.15, 0.2) is 5.78 Å². The molecular formula is C18H36N4OS. The Balaban J connectivity index is 1.82. The molecular weight excluding hydrogens is 320 g/mol. The second kappa shape index (κ2) is 8.49. The highest BCUT2D eigenvalue weighted by atomic mass is 32.2. The van der Waals surface area contributed by atoms with Gasteiger partial charge in [0, 0.05) is 43.3 Å². The molecule has 5 nitrogen and oxygen atoms in total. The summed E-state index contributed by atoms with van der Waals surface area (Å²) >= 11 is 1.66. The monoisotopic (exact) mass is 356 g/mol. The Kier molecular flexibility index (Phi) is 7.14. The van der Waals surface area contributed by atoms with Crippen LogP contribution in [0.1, 0.15) is 47.5 Å². The minimum atomic E-state index is -0.00261. The summed E-state index contributed by atoms with van der Waals surface area (Å²) in [6.45, 7) is 15.0. The van der Waals surface area contributed by atoms with Gasteiger partial charge in [-0.3, -0.25) is 9.69 Å². The molecule has 0 saturated carbocycles. The molecule has 0 spiro atoms. The highest BCUT2D eigenvalue weighted by molar-refractivity contribution is 7.96. The summed E-state index contributed by atoms with van der Waals surface area (Å²) in [7, 11) is 0. The third kappa shape index (κ3) is 5.43. The standard InChI is InChI=1S/C18H36N4OS/c1-13(2)19-15-7-8-21(10-15)18(4,5)9-14(3)20-16-11-22(24-6)12-17(16)23/h13-16,19-20H,7-12H2,1-6H3. The van der Waals surface area contributed by atoms with Crippen LogP contribution in [0.15, 0.2) is 0 Å². The van der Waals surface area contributed by atoms with Gasteiger partial charge >= 0.3 is 0 Å². The molecule has 24 heavy (non-hydrogen) atoms. The number of nitrogens with zero attached hydrogens (tertiary/aromatic N) is 2. The number of carbonyl (C=O) groups is 1. The van der Waals surface area contributed by atoms with Gasteiger partial charge in [-0.1, -0.05) is 25.8 Å². The third-order valence-electron chi connectivity index (χ3n) is 5.27. The first-order valence-corrected chi connectivity index (χ1v) is 10.5. The number of Topliss-reactive ketones (excluding diaryl/α,β-unsaturated/α-hetero) is 1. The zero-order valence-electron chi connectivity index (χ0n) is 16.3. The Bertz CT molecular complexity index is 429. The Labute approximate surface area is 152 Å². The Morgan fingerprint density at radius 2 is 1.96 bits per heavy atom. The molecule has 2 heterocycles. The summed E-state index contributed by atoms with van der Waals surface area (Å²) in [5, 5.41) is 7.23. The van der Waals surface area contributed by atoms with Crippen molar-refractivity contribution in [3.8, 4) is 0 Å². The van der Waals surface area contributed by atoms with E-state index in [1.165, 1.54) is 6.42 Å². The van der Waals surface area contributed by atoms with Gasteiger partial charge in [0.1, 0.15) is 0 Å². The molecule has 2 N–H and O–H groups in total.